The summed E-state index contributed by atoms with van der Waals surface area (Å²) in [5, 5.41) is 14.1. The van der Waals surface area contributed by atoms with E-state index in [1.54, 1.807) is 19.9 Å². The van der Waals surface area contributed by atoms with Gasteiger partial charge in [-0.15, -0.1) is 0 Å². The fourth-order valence-corrected chi connectivity index (χ4v) is 3.80. The number of carbonyl (C=O) groups excluding carboxylic acids is 2. The average Bonchev–Trinajstić information content (AvgIpc) is 2.72. The second-order valence-corrected chi connectivity index (χ2v) is 9.55. The molecule has 1 atom stereocenters. The molecule has 0 aliphatic heterocycles. The Morgan fingerprint density at radius 2 is 1.69 bits per heavy atom. The Kier molecular flexibility index (Phi) is 8.06. The molecular weight excluding hydrogens is 438 g/mol. The van der Waals surface area contributed by atoms with Crippen molar-refractivity contribution in [3.05, 3.63) is 69.8 Å². The van der Waals surface area contributed by atoms with E-state index in [1.165, 1.54) is 56.6 Å². The first-order valence-electron chi connectivity index (χ1n) is 9.69. The molecule has 0 fully saturated rings. The van der Waals surface area contributed by atoms with Gasteiger partial charge in [0.25, 0.3) is 11.6 Å². The molecule has 10 nitrogen and oxygen atoms in total. The molecule has 11 heteroatoms. The zero-order valence-corrected chi connectivity index (χ0v) is 19.0. The van der Waals surface area contributed by atoms with Gasteiger partial charge in [-0.1, -0.05) is 18.2 Å². The molecule has 0 spiro atoms. The van der Waals surface area contributed by atoms with E-state index in [0.717, 1.165) is 4.31 Å². The van der Waals surface area contributed by atoms with E-state index in [2.05, 4.69) is 5.32 Å². The summed E-state index contributed by atoms with van der Waals surface area (Å²) in [6.07, 6.45) is -0.710. The van der Waals surface area contributed by atoms with E-state index in [9.17, 15) is 28.1 Å². The van der Waals surface area contributed by atoms with Crippen LogP contribution in [-0.2, 0) is 19.6 Å². The average molecular weight is 464 g/mol. The molecule has 2 rings (SSSR count). The number of sulfonamides is 1. The smallest absolute Gasteiger partial charge is 0.308 e. The highest BCUT2D eigenvalue weighted by Gasteiger charge is 2.27. The Morgan fingerprint density at radius 3 is 2.22 bits per heavy atom. The monoisotopic (exact) mass is 463 g/mol. The molecule has 0 bridgehead atoms. The van der Waals surface area contributed by atoms with Crippen LogP contribution in [-0.4, -0.2) is 49.7 Å². The van der Waals surface area contributed by atoms with Gasteiger partial charge in [0.15, 0.2) is 0 Å². The van der Waals surface area contributed by atoms with Crippen LogP contribution in [0.25, 0.3) is 0 Å². The normalized spacial score (nSPS) is 12.4. The van der Waals surface area contributed by atoms with Crippen molar-refractivity contribution in [1.29, 1.82) is 0 Å². The number of nitro benzene ring substituents is 1. The molecule has 1 N–H and O–H groups in total. The molecule has 0 saturated heterocycles. The minimum absolute atomic E-state index is 0.00908. The van der Waals surface area contributed by atoms with Gasteiger partial charge < -0.3 is 10.1 Å². The van der Waals surface area contributed by atoms with Gasteiger partial charge in [-0.05, 0) is 38.1 Å². The van der Waals surface area contributed by atoms with E-state index < -0.39 is 39.0 Å². The summed E-state index contributed by atoms with van der Waals surface area (Å²) < 4.78 is 30.6. The van der Waals surface area contributed by atoms with Gasteiger partial charge in [0.2, 0.25) is 10.0 Å². The number of nitrogens with one attached hydrogen (secondary N) is 1. The molecule has 1 unspecified atom stereocenters. The fraction of sp³-hybridized carbons (Fsp3) is 0.333. The molecule has 0 aliphatic rings. The highest BCUT2D eigenvalue weighted by molar-refractivity contribution is 7.89. The van der Waals surface area contributed by atoms with Crippen LogP contribution in [0.2, 0.25) is 0 Å². The maximum atomic E-state index is 12.8. The Morgan fingerprint density at radius 1 is 1.09 bits per heavy atom. The molecule has 0 aliphatic carbocycles. The molecule has 0 aromatic heterocycles. The number of benzene rings is 2. The van der Waals surface area contributed by atoms with Gasteiger partial charge in [0.05, 0.1) is 33.9 Å². The Balaban J connectivity index is 2.34. The number of esters is 1. The van der Waals surface area contributed by atoms with Crippen LogP contribution < -0.4 is 5.32 Å². The van der Waals surface area contributed by atoms with Crippen molar-refractivity contribution in [1.82, 2.24) is 9.62 Å². The van der Waals surface area contributed by atoms with Crippen LogP contribution in [0.15, 0.2) is 53.4 Å². The summed E-state index contributed by atoms with van der Waals surface area (Å²) in [6.45, 7) is 3.33. The molecule has 0 saturated carbocycles. The lowest BCUT2D eigenvalue weighted by molar-refractivity contribution is -0.385. The van der Waals surface area contributed by atoms with Crippen molar-refractivity contribution in [2.45, 2.75) is 37.3 Å². The first-order chi connectivity index (χ1) is 14.9. The number of rotatable bonds is 9. The second kappa shape index (κ2) is 10.3. The van der Waals surface area contributed by atoms with Gasteiger partial charge in [0, 0.05) is 25.7 Å². The minimum Gasteiger partial charge on any atom is -0.463 e. The van der Waals surface area contributed by atoms with Crippen molar-refractivity contribution in [3.63, 3.8) is 0 Å². The van der Waals surface area contributed by atoms with Crippen molar-refractivity contribution >= 4 is 27.6 Å². The van der Waals surface area contributed by atoms with E-state index in [0.29, 0.717) is 0 Å². The Bertz CT molecular complexity index is 1100. The predicted octanol–water partition coefficient (Wildman–Crippen LogP) is 2.66. The van der Waals surface area contributed by atoms with Crippen molar-refractivity contribution in [2.75, 3.05) is 14.1 Å². The van der Waals surface area contributed by atoms with E-state index in [1.807, 2.05) is 0 Å². The van der Waals surface area contributed by atoms with E-state index >= 15 is 0 Å². The summed E-state index contributed by atoms with van der Waals surface area (Å²) in [7, 11) is -0.878. The topological polar surface area (TPSA) is 136 Å². The largest absolute Gasteiger partial charge is 0.463 e. The first-order valence-corrected chi connectivity index (χ1v) is 11.1. The van der Waals surface area contributed by atoms with Gasteiger partial charge in [-0.3, -0.25) is 19.7 Å². The number of ether oxygens (including phenoxy) is 1. The van der Waals surface area contributed by atoms with Crippen molar-refractivity contribution in [3.8, 4) is 0 Å². The van der Waals surface area contributed by atoms with Gasteiger partial charge >= 0.3 is 5.97 Å². The number of nitrogens with zero attached hydrogens (tertiary/aromatic N) is 2. The third-order valence-electron chi connectivity index (χ3n) is 4.45. The molecule has 2 aromatic rings. The van der Waals surface area contributed by atoms with Crippen LogP contribution >= 0.6 is 0 Å². The van der Waals surface area contributed by atoms with Crippen molar-refractivity contribution < 1.29 is 27.7 Å². The maximum absolute atomic E-state index is 12.8. The van der Waals surface area contributed by atoms with Crippen LogP contribution in [0.1, 0.15) is 42.2 Å². The zero-order valence-electron chi connectivity index (χ0n) is 18.1. The van der Waals surface area contributed by atoms with E-state index in [-0.39, 0.29) is 28.1 Å². The Labute approximate surface area is 186 Å². The van der Waals surface area contributed by atoms with E-state index in [4.69, 9.17) is 4.74 Å². The number of hydrogen-bond donors (Lipinski definition) is 1. The zero-order chi connectivity index (χ0) is 24.1. The molecule has 0 heterocycles. The third-order valence-corrected chi connectivity index (χ3v) is 6.28. The SMILES string of the molecule is CC(C)OC(=O)CC(NC(=O)c1ccc(S(=O)(=O)N(C)C)cc1)c1ccccc1[N+](=O)[O-]. The highest BCUT2D eigenvalue weighted by Crippen LogP contribution is 2.28. The van der Waals surface area contributed by atoms with Gasteiger partial charge in [-0.2, -0.15) is 0 Å². The number of carbonyl (C=O) groups is 2. The molecule has 32 heavy (non-hydrogen) atoms. The molecule has 1 amide bonds. The van der Waals surface area contributed by atoms with Crippen LogP contribution in [0, 0.1) is 10.1 Å². The fourth-order valence-electron chi connectivity index (χ4n) is 2.90. The number of nitro groups is 1. The van der Waals surface area contributed by atoms with Crippen LogP contribution in [0.5, 0.6) is 0 Å². The lowest BCUT2D eigenvalue weighted by Crippen LogP contribution is -2.31. The lowest BCUT2D eigenvalue weighted by atomic mass is 10.0. The standard InChI is InChI=1S/C21H25N3O7S/c1-14(2)31-20(25)13-18(17-7-5-6-8-19(17)24(27)28)22-21(26)15-9-11-16(12-10-15)32(29,30)23(3)4/h5-12,14,18H,13H2,1-4H3,(H,22,26). The molecule has 0 radical (unpaired) electrons. The lowest BCUT2D eigenvalue weighted by Gasteiger charge is -2.19. The summed E-state index contributed by atoms with van der Waals surface area (Å²) in [6, 6.07) is 9.99. The second-order valence-electron chi connectivity index (χ2n) is 7.40. The minimum atomic E-state index is -3.66. The number of para-hydroxylation sites is 1. The first kappa shape index (κ1) is 25.0. The van der Waals surface area contributed by atoms with Gasteiger partial charge in [-0.25, -0.2) is 12.7 Å². The summed E-state index contributed by atoms with van der Waals surface area (Å²) in [4.78, 5) is 35.9. The summed E-state index contributed by atoms with van der Waals surface area (Å²) >= 11 is 0. The summed E-state index contributed by atoms with van der Waals surface area (Å²) in [5.41, 5.74) is 0.0319. The molecule has 172 valence electrons. The number of amides is 1. The van der Waals surface area contributed by atoms with Crippen LogP contribution in [0.4, 0.5) is 5.69 Å². The molecular formula is C21H25N3O7S. The maximum Gasteiger partial charge on any atom is 0.308 e. The van der Waals surface area contributed by atoms with Crippen LogP contribution in [0.3, 0.4) is 0 Å². The van der Waals surface area contributed by atoms with Crippen molar-refractivity contribution in [2.24, 2.45) is 0 Å². The highest BCUT2D eigenvalue weighted by atomic mass is 32.2. The quantitative estimate of drug-likeness (QED) is 0.343. The molecule has 2 aromatic carbocycles. The predicted molar refractivity (Wildman–Crippen MR) is 116 cm³/mol. The Hall–Kier alpha value is -3.31. The third kappa shape index (κ3) is 6.11. The number of hydrogen-bond acceptors (Lipinski definition) is 7. The summed E-state index contributed by atoms with van der Waals surface area (Å²) in [5.74, 6) is -1.25. The van der Waals surface area contributed by atoms with Gasteiger partial charge in [0.1, 0.15) is 0 Å².